The Morgan fingerprint density at radius 2 is 2.25 bits per heavy atom. The number of nitrogens with one attached hydrogen (secondary N) is 1. The highest BCUT2D eigenvalue weighted by Crippen LogP contribution is 2.40. The molecule has 1 N–H and O–H groups in total. The number of nitrogens with zero attached hydrogens (tertiary/aromatic N) is 4. The van der Waals surface area contributed by atoms with Gasteiger partial charge in [0, 0.05) is 52.4 Å². The first-order valence-corrected chi connectivity index (χ1v) is 12.6. The van der Waals surface area contributed by atoms with E-state index < -0.39 is 17.8 Å². The molecule has 1 fully saturated rings. The van der Waals surface area contributed by atoms with E-state index in [2.05, 4.69) is 20.4 Å². The maximum atomic E-state index is 13.9. The number of halogens is 2. The van der Waals surface area contributed by atoms with Gasteiger partial charge in [-0.25, -0.2) is 14.2 Å². The molecule has 1 saturated heterocycles. The Bertz CT molecular complexity index is 1370. The third-order valence-electron chi connectivity index (χ3n) is 6.68. The molecule has 2 bridgehead atoms. The number of rotatable bonds is 5. The summed E-state index contributed by atoms with van der Waals surface area (Å²) in [4.78, 5) is 24.7. The van der Waals surface area contributed by atoms with Gasteiger partial charge in [-0.05, 0) is 12.1 Å². The first-order chi connectivity index (χ1) is 17.5. The predicted octanol–water partition coefficient (Wildman–Crippen LogP) is 3.44. The minimum Gasteiger partial charge on any atom is -0.466 e. The van der Waals surface area contributed by atoms with Gasteiger partial charge in [-0.1, -0.05) is 22.8 Å². The quantitative estimate of drug-likeness (QED) is 0.502. The number of esters is 1. The summed E-state index contributed by atoms with van der Waals surface area (Å²) in [5, 5.41) is 10.0. The lowest BCUT2D eigenvalue weighted by Gasteiger charge is -2.45. The van der Waals surface area contributed by atoms with Crippen LogP contribution in [0.1, 0.15) is 34.0 Å². The molecule has 186 valence electrons. The zero-order chi connectivity index (χ0) is 24.8. The van der Waals surface area contributed by atoms with Crippen LogP contribution in [0.4, 0.5) is 4.39 Å². The van der Waals surface area contributed by atoms with Crippen LogP contribution in [0.25, 0.3) is 0 Å². The van der Waals surface area contributed by atoms with Gasteiger partial charge in [-0.3, -0.25) is 9.89 Å². The minimum absolute atomic E-state index is 0.0347. The second kappa shape index (κ2) is 9.40. The Balaban J connectivity index is 1.46. The van der Waals surface area contributed by atoms with Crippen LogP contribution in [-0.4, -0.2) is 59.8 Å². The SMILES string of the molecule is COC(=O)C1=C(CN2C3COCC2c2cnoc2C3)NC(c2nccs2)=N[C@H]1c1ccc(F)cc1Cl. The highest BCUT2D eigenvalue weighted by molar-refractivity contribution is 7.11. The lowest BCUT2D eigenvalue weighted by molar-refractivity contribution is -0.136. The van der Waals surface area contributed by atoms with Crippen LogP contribution in [0.3, 0.4) is 0 Å². The van der Waals surface area contributed by atoms with Crippen molar-refractivity contribution in [1.29, 1.82) is 0 Å². The van der Waals surface area contributed by atoms with Crippen LogP contribution in [0.15, 0.2) is 56.8 Å². The maximum Gasteiger partial charge on any atom is 0.338 e. The van der Waals surface area contributed by atoms with Crippen LogP contribution in [0.2, 0.25) is 5.02 Å². The van der Waals surface area contributed by atoms with Crippen LogP contribution in [0.5, 0.6) is 0 Å². The summed E-state index contributed by atoms with van der Waals surface area (Å²) < 4.78 is 30.4. The normalized spacial score (nSPS) is 23.6. The number of amidine groups is 1. The molecule has 3 atom stereocenters. The monoisotopic (exact) mass is 529 g/mol. The highest BCUT2D eigenvalue weighted by atomic mass is 35.5. The second-order valence-corrected chi connectivity index (χ2v) is 9.98. The van der Waals surface area contributed by atoms with Gasteiger partial charge < -0.3 is 19.3 Å². The number of thiazole rings is 1. The van der Waals surface area contributed by atoms with Crippen molar-refractivity contribution in [2.24, 2.45) is 4.99 Å². The van der Waals surface area contributed by atoms with Crippen LogP contribution < -0.4 is 5.32 Å². The Labute approximate surface area is 214 Å². The van der Waals surface area contributed by atoms with E-state index >= 15 is 0 Å². The van der Waals surface area contributed by atoms with Crippen molar-refractivity contribution < 1.29 is 23.2 Å². The molecule has 6 rings (SSSR count). The van der Waals surface area contributed by atoms with Gasteiger partial charge in [0.2, 0.25) is 0 Å². The number of carbonyl (C=O) groups is 1. The number of carbonyl (C=O) groups excluding carboxylic acids is 1. The van der Waals surface area contributed by atoms with Gasteiger partial charge in [0.1, 0.15) is 17.6 Å². The molecular formula is C24H21ClFN5O4S. The summed E-state index contributed by atoms with van der Waals surface area (Å²) in [6, 6.07) is 3.20. The zero-order valence-corrected chi connectivity index (χ0v) is 20.7. The second-order valence-electron chi connectivity index (χ2n) is 8.68. The van der Waals surface area contributed by atoms with Crippen molar-refractivity contribution in [3.63, 3.8) is 0 Å². The molecule has 9 nitrogen and oxygen atoms in total. The molecular weight excluding hydrogens is 509 g/mol. The summed E-state index contributed by atoms with van der Waals surface area (Å²) in [6.07, 6.45) is 4.06. The largest absolute Gasteiger partial charge is 0.466 e. The average Bonchev–Trinajstić information content (AvgIpc) is 3.56. The molecule has 1 aromatic carbocycles. The van der Waals surface area contributed by atoms with E-state index in [1.807, 2.05) is 5.38 Å². The summed E-state index contributed by atoms with van der Waals surface area (Å²) in [6.45, 7) is 1.39. The number of ether oxygens (including phenoxy) is 2. The summed E-state index contributed by atoms with van der Waals surface area (Å²) in [5.74, 6) is 0.344. The topological polar surface area (TPSA) is 102 Å². The number of benzene rings is 1. The molecule has 2 unspecified atom stereocenters. The van der Waals surface area contributed by atoms with Crippen molar-refractivity contribution >= 4 is 34.7 Å². The molecule has 0 amide bonds. The third-order valence-corrected chi connectivity index (χ3v) is 7.78. The number of aromatic nitrogens is 2. The van der Waals surface area contributed by atoms with Crippen molar-refractivity contribution in [2.75, 3.05) is 26.9 Å². The number of morpholine rings is 1. The number of hydrogen-bond acceptors (Lipinski definition) is 10. The molecule has 5 heterocycles. The van der Waals surface area contributed by atoms with Crippen molar-refractivity contribution in [1.82, 2.24) is 20.4 Å². The number of hydrogen-bond donors (Lipinski definition) is 1. The standard InChI is InChI=1S/C24H21ClFN5O4S/c1-33-24(32)20-17(9-31-13-7-19-15(8-28-35-19)18(31)11-34-10-13)29-22(23-27-4-5-36-23)30-21(20)14-3-2-12(26)6-16(14)25/h2-6,8,13,18,21H,7,9-11H2,1H3,(H,29,30)/t13?,18?,21-/m0/s1. The predicted molar refractivity (Wildman–Crippen MR) is 129 cm³/mol. The lowest BCUT2D eigenvalue weighted by Crippen LogP contribution is -2.53. The van der Waals surface area contributed by atoms with E-state index in [1.165, 1.54) is 30.6 Å². The first kappa shape index (κ1) is 23.3. The first-order valence-electron chi connectivity index (χ1n) is 11.3. The van der Waals surface area contributed by atoms with E-state index in [0.29, 0.717) is 53.9 Å². The Morgan fingerprint density at radius 3 is 3.03 bits per heavy atom. The molecule has 2 aromatic heterocycles. The zero-order valence-electron chi connectivity index (χ0n) is 19.1. The van der Waals surface area contributed by atoms with Crippen molar-refractivity contribution in [3.8, 4) is 0 Å². The molecule has 3 aliphatic heterocycles. The van der Waals surface area contributed by atoms with Gasteiger partial charge in [-0.2, -0.15) is 0 Å². The van der Waals surface area contributed by atoms with Crippen LogP contribution in [-0.2, 0) is 20.7 Å². The van der Waals surface area contributed by atoms with E-state index in [1.54, 1.807) is 18.5 Å². The van der Waals surface area contributed by atoms with Gasteiger partial charge >= 0.3 is 5.97 Å². The fraction of sp³-hybridized carbons (Fsp3) is 0.333. The highest BCUT2D eigenvalue weighted by Gasteiger charge is 2.42. The van der Waals surface area contributed by atoms with Crippen molar-refractivity contribution in [2.45, 2.75) is 24.5 Å². The summed E-state index contributed by atoms with van der Waals surface area (Å²) >= 11 is 7.86. The van der Waals surface area contributed by atoms with E-state index in [0.717, 1.165) is 11.3 Å². The fourth-order valence-electron chi connectivity index (χ4n) is 5.01. The Morgan fingerprint density at radius 1 is 1.36 bits per heavy atom. The lowest BCUT2D eigenvalue weighted by atomic mass is 9.91. The van der Waals surface area contributed by atoms with Crippen LogP contribution >= 0.6 is 22.9 Å². The van der Waals surface area contributed by atoms with Gasteiger partial charge in [0.05, 0.1) is 38.1 Å². The average molecular weight is 530 g/mol. The molecule has 3 aromatic rings. The summed E-state index contributed by atoms with van der Waals surface area (Å²) in [5.41, 5.74) is 2.40. The van der Waals surface area contributed by atoms with Crippen LogP contribution in [0, 0.1) is 5.82 Å². The van der Waals surface area contributed by atoms with Gasteiger partial charge in [0.25, 0.3) is 0 Å². The Kier molecular flexibility index (Phi) is 6.08. The molecule has 12 heteroatoms. The molecule has 0 radical (unpaired) electrons. The van der Waals surface area contributed by atoms with E-state index in [4.69, 9.17) is 30.6 Å². The van der Waals surface area contributed by atoms with Gasteiger partial charge in [0.15, 0.2) is 10.8 Å². The smallest absolute Gasteiger partial charge is 0.338 e. The maximum absolute atomic E-state index is 13.9. The molecule has 0 aliphatic carbocycles. The van der Waals surface area contributed by atoms with Crippen molar-refractivity contribution in [3.05, 3.63) is 80.0 Å². The fourth-order valence-corrected chi connectivity index (χ4v) is 5.87. The van der Waals surface area contributed by atoms with E-state index in [9.17, 15) is 9.18 Å². The molecule has 0 spiro atoms. The van der Waals surface area contributed by atoms with E-state index in [-0.39, 0.29) is 17.1 Å². The summed E-state index contributed by atoms with van der Waals surface area (Å²) in [7, 11) is 1.32. The third kappa shape index (κ3) is 4.01. The molecule has 3 aliphatic rings. The molecule has 36 heavy (non-hydrogen) atoms. The van der Waals surface area contributed by atoms with Gasteiger partial charge in [-0.15, -0.1) is 11.3 Å². The Hall–Kier alpha value is -3.12. The molecule has 0 saturated carbocycles. The minimum atomic E-state index is -0.812. The number of aliphatic imine (C=N–C) groups is 1. The number of methoxy groups -OCH3 is 1. The number of fused-ring (bicyclic) bond motifs is 4.